The lowest BCUT2D eigenvalue weighted by Crippen LogP contribution is -2.29. The molecule has 0 bridgehead atoms. The molecule has 2 rings (SSSR count). The van der Waals surface area contributed by atoms with Gasteiger partial charge in [-0.05, 0) is 6.42 Å². The molecule has 0 aromatic carbocycles. The number of rotatable bonds is 2. The van der Waals surface area contributed by atoms with Crippen LogP contribution in [0.4, 0.5) is 0 Å². The van der Waals surface area contributed by atoms with Gasteiger partial charge in [-0.2, -0.15) is 0 Å². The maximum atomic E-state index is 12.1. The zero-order valence-corrected chi connectivity index (χ0v) is 11.5. The largest absolute Gasteiger partial charge is 0.476 e. The van der Waals surface area contributed by atoms with Crippen LogP contribution in [0.15, 0.2) is 0 Å². The number of carbonyl (C=O) groups excluding carboxylic acids is 1. The standard InChI is InChI=1S/C12H18N4O3/c1-12(2,3)9-8(11(18)19)13-14-16(9)7-5-6-15(4)10(7)17/h7H,5-6H2,1-4H3,(H,18,19). The van der Waals surface area contributed by atoms with Crippen molar-refractivity contribution in [1.82, 2.24) is 19.9 Å². The minimum absolute atomic E-state index is 0.0488. The van der Waals surface area contributed by atoms with E-state index < -0.39 is 17.4 Å². The number of aromatic carboxylic acids is 1. The first-order chi connectivity index (χ1) is 8.73. The number of likely N-dealkylation sites (tertiary alicyclic amines) is 1. The molecule has 0 spiro atoms. The van der Waals surface area contributed by atoms with E-state index in [9.17, 15) is 14.7 Å². The van der Waals surface area contributed by atoms with Crippen molar-refractivity contribution < 1.29 is 14.7 Å². The van der Waals surface area contributed by atoms with Crippen LogP contribution in [0, 0.1) is 0 Å². The highest BCUT2D eigenvalue weighted by Gasteiger charge is 2.37. The highest BCUT2D eigenvalue weighted by Crippen LogP contribution is 2.30. The second-order valence-electron chi connectivity index (χ2n) is 5.85. The van der Waals surface area contributed by atoms with Gasteiger partial charge >= 0.3 is 5.97 Å². The highest BCUT2D eigenvalue weighted by molar-refractivity contribution is 5.87. The van der Waals surface area contributed by atoms with Gasteiger partial charge in [-0.15, -0.1) is 5.10 Å². The summed E-state index contributed by atoms with van der Waals surface area (Å²) in [5.74, 6) is -1.16. The van der Waals surface area contributed by atoms with E-state index in [-0.39, 0.29) is 11.6 Å². The Morgan fingerprint density at radius 3 is 2.47 bits per heavy atom. The summed E-state index contributed by atoms with van der Waals surface area (Å²) in [6.45, 7) is 6.31. The normalized spacial score (nSPS) is 20.1. The Kier molecular flexibility index (Phi) is 3.07. The molecule has 1 aromatic rings. The smallest absolute Gasteiger partial charge is 0.358 e. The van der Waals surface area contributed by atoms with Gasteiger partial charge in [0.15, 0.2) is 5.69 Å². The second kappa shape index (κ2) is 4.32. The number of amides is 1. The first kappa shape index (κ1) is 13.5. The Balaban J connectivity index is 2.53. The Morgan fingerprint density at radius 1 is 1.42 bits per heavy atom. The number of aromatic nitrogens is 3. The van der Waals surface area contributed by atoms with E-state index >= 15 is 0 Å². The number of nitrogens with zero attached hydrogens (tertiary/aromatic N) is 4. The maximum Gasteiger partial charge on any atom is 0.358 e. The van der Waals surface area contributed by atoms with E-state index in [0.29, 0.717) is 18.7 Å². The van der Waals surface area contributed by atoms with E-state index in [1.807, 2.05) is 20.8 Å². The fourth-order valence-electron chi connectivity index (χ4n) is 2.39. The van der Waals surface area contributed by atoms with Crippen molar-refractivity contribution in [3.63, 3.8) is 0 Å². The summed E-state index contributed by atoms with van der Waals surface area (Å²) in [4.78, 5) is 24.9. The molecule has 1 atom stereocenters. The molecule has 104 valence electrons. The molecule has 1 N–H and O–H groups in total. The van der Waals surface area contributed by atoms with E-state index in [2.05, 4.69) is 10.3 Å². The van der Waals surface area contributed by atoms with Gasteiger partial charge in [-0.25, -0.2) is 9.48 Å². The SMILES string of the molecule is CN1CCC(n2nnc(C(=O)O)c2C(C)(C)C)C1=O. The molecule has 7 nitrogen and oxygen atoms in total. The first-order valence-corrected chi connectivity index (χ1v) is 6.17. The van der Waals surface area contributed by atoms with E-state index in [4.69, 9.17) is 0 Å². The molecule has 1 fully saturated rings. The van der Waals surface area contributed by atoms with Gasteiger partial charge in [0.25, 0.3) is 0 Å². The lowest BCUT2D eigenvalue weighted by atomic mass is 9.90. The summed E-state index contributed by atoms with van der Waals surface area (Å²) in [5, 5.41) is 16.8. The summed E-state index contributed by atoms with van der Waals surface area (Å²) in [7, 11) is 1.73. The number of carbonyl (C=O) groups is 2. The third kappa shape index (κ3) is 2.20. The summed E-state index contributed by atoms with van der Waals surface area (Å²) < 4.78 is 1.48. The van der Waals surface area contributed by atoms with Gasteiger partial charge in [0.2, 0.25) is 5.91 Å². The molecular weight excluding hydrogens is 248 g/mol. The number of hydrogen-bond acceptors (Lipinski definition) is 4. The second-order valence-corrected chi connectivity index (χ2v) is 5.85. The summed E-state index contributed by atoms with van der Waals surface area (Å²) in [5.41, 5.74) is -0.0259. The molecule has 1 unspecified atom stereocenters. The average Bonchev–Trinajstić information content (AvgIpc) is 2.83. The van der Waals surface area contributed by atoms with Crippen molar-refractivity contribution in [3.05, 3.63) is 11.4 Å². The van der Waals surface area contributed by atoms with Crippen molar-refractivity contribution >= 4 is 11.9 Å². The van der Waals surface area contributed by atoms with Gasteiger partial charge in [0.05, 0.1) is 5.69 Å². The molecule has 1 amide bonds. The van der Waals surface area contributed by atoms with Gasteiger partial charge in [-0.3, -0.25) is 4.79 Å². The number of carboxylic acids is 1. The molecule has 7 heteroatoms. The van der Waals surface area contributed by atoms with E-state index in [1.165, 1.54) is 4.68 Å². The summed E-state index contributed by atoms with van der Waals surface area (Å²) >= 11 is 0. The topological polar surface area (TPSA) is 88.3 Å². The minimum atomic E-state index is -1.12. The molecule has 0 aliphatic carbocycles. The van der Waals surface area contributed by atoms with Gasteiger partial charge in [-0.1, -0.05) is 26.0 Å². The third-order valence-electron chi connectivity index (χ3n) is 3.30. The van der Waals surface area contributed by atoms with Crippen molar-refractivity contribution in [2.45, 2.75) is 38.6 Å². The Labute approximate surface area is 111 Å². The summed E-state index contributed by atoms with van der Waals surface area (Å²) in [6.07, 6.45) is 0.626. The molecule has 1 saturated heterocycles. The molecule has 1 aromatic heterocycles. The predicted octanol–water partition coefficient (Wildman–Crippen LogP) is 0.677. The highest BCUT2D eigenvalue weighted by atomic mass is 16.4. The average molecular weight is 266 g/mol. The van der Waals surface area contributed by atoms with Crippen LogP contribution >= 0.6 is 0 Å². The number of hydrogen-bond donors (Lipinski definition) is 1. The Hall–Kier alpha value is -1.92. The van der Waals surface area contributed by atoms with Crippen LogP contribution in [0.3, 0.4) is 0 Å². The van der Waals surface area contributed by atoms with Crippen molar-refractivity contribution in [2.24, 2.45) is 0 Å². The fourth-order valence-corrected chi connectivity index (χ4v) is 2.39. The van der Waals surface area contributed by atoms with E-state index in [0.717, 1.165) is 0 Å². The van der Waals surface area contributed by atoms with Crippen LogP contribution in [0.1, 0.15) is 49.4 Å². The van der Waals surface area contributed by atoms with Crippen molar-refractivity contribution in [1.29, 1.82) is 0 Å². The Bertz CT molecular complexity index is 530. The molecule has 2 heterocycles. The molecule has 0 saturated carbocycles. The van der Waals surface area contributed by atoms with Crippen molar-refractivity contribution in [3.8, 4) is 0 Å². The van der Waals surface area contributed by atoms with Crippen LogP contribution in [0.2, 0.25) is 0 Å². The van der Waals surface area contributed by atoms with Gasteiger partial charge in [0, 0.05) is 19.0 Å². The van der Waals surface area contributed by atoms with Crippen LogP contribution < -0.4 is 0 Å². The monoisotopic (exact) mass is 266 g/mol. The van der Waals surface area contributed by atoms with Crippen LogP contribution in [-0.4, -0.2) is 50.5 Å². The van der Waals surface area contributed by atoms with Crippen LogP contribution in [-0.2, 0) is 10.2 Å². The quantitative estimate of drug-likeness (QED) is 0.850. The zero-order chi connectivity index (χ0) is 14.4. The summed E-state index contributed by atoms with van der Waals surface area (Å²) in [6, 6.07) is -0.445. The first-order valence-electron chi connectivity index (χ1n) is 6.17. The lowest BCUT2D eigenvalue weighted by molar-refractivity contribution is -0.129. The zero-order valence-electron chi connectivity index (χ0n) is 11.5. The number of likely N-dealkylation sites (N-methyl/N-ethyl adjacent to an activating group) is 1. The lowest BCUT2D eigenvalue weighted by Gasteiger charge is -2.22. The maximum absolute atomic E-state index is 12.1. The molecule has 1 aliphatic heterocycles. The number of carboxylic acid groups (broad SMARTS) is 1. The van der Waals surface area contributed by atoms with Gasteiger partial charge < -0.3 is 10.0 Å². The third-order valence-corrected chi connectivity index (χ3v) is 3.30. The van der Waals surface area contributed by atoms with Crippen molar-refractivity contribution in [2.75, 3.05) is 13.6 Å². The van der Waals surface area contributed by atoms with Crippen LogP contribution in [0.25, 0.3) is 0 Å². The van der Waals surface area contributed by atoms with Crippen LogP contribution in [0.5, 0.6) is 0 Å². The van der Waals surface area contributed by atoms with E-state index in [1.54, 1.807) is 11.9 Å². The minimum Gasteiger partial charge on any atom is -0.476 e. The predicted molar refractivity (Wildman–Crippen MR) is 67.0 cm³/mol. The molecule has 1 aliphatic rings. The molecule has 19 heavy (non-hydrogen) atoms. The fraction of sp³-hybridized carbons (Fsp3) is 0.667. The molecule has 0 radical (unpaired) electrons. The molecular formula is C12H18N4O3. The Morgan fingerprint density at radius 2 is 2.05 bits per heavy atom. The van der Waals surface area contributed by atoms with Gasteiger partial charge in [0.1, 0.15) is 6.04 Å².